The summed E-state index contributed by atoms with van der Waals surface area (Å²) in [5, 5.41) is 0. The van der Waals surface area contributed by atoms with E-state index in [0.717, 1.165) is 0 Å². The van der Waals surface area contributed by atoms with Crippen molar-refractivity contribution in [2.24, 2.45) is 0 Å². The molecule has 0 spiro atoms. The van der Waals surface area contributed by atoms with Crippen LogP contribution in [0.25, 0.3) is 0 Å². The number of hydrogen-bond donors (Lipinski definition) is 0. The molecule has 1 nitrogen and oxygen atoms in total. The maximum Gasteiger partial charge on any atom is 0.0302 e. The van der Waals surface area contributed by atoms with Gasteiger partial charge in [0.2, 0.25) is 0 Å². The molecule has 0 unspecified atom stereocenters. The maximum absolute atomic E-state index is 4.46. The molecule has 0 aromatic carbocycles. The molecule has 0 aliphatic rings. The Kier molecular flexibility index (Phi) is 28.9. The van der Waals surface area contributed by atoms with Crippen molar-refractivity contribution in [2.75, 3.05) is 0 Å². The number of unbranched alkanes of at least 4 members (excludes halogenated alkanes) is 28. The van der Waals surface area contributed by atoms with E-state index >= 15 is 0 Å². The topological polar surface area (TPSA) is 12.9 Å². The van der Waals surface area contributed by atoms with Crippen LogP contribution in [-0.4, -0.2) is 4.98 Å². The maximum atomic E-state index is 4.46. The van der Waals surface area contributed by atoms with Gasteiger partial charge in [0, 0.05) is 12.4 Å². The molecular weight excluding hydrogens is 482 g/mol. The van der Waals surface area contributed by atoms with Crippen molar-refractivity contribution in [1.29, 1.82) is 0 Å². The molecule has 0 amide bonds. The Hall–Kier alpha value is -0.850. The summed E-state index contributed by atoms with van der Waals surface area (Å²) in [4.78, 5) is 4.46. The van der Waals surface area contributed by atoms with Crippen LogP contribution in [0.2, 0.25) is 0 Å². The lowest BCUT2D eigenvalue weighted by Crippen LogP contribution is -1.96. The number of rotatable bonds is 32. The second-order valence-corrected chi connectivity index (χ2v) is 13.0. The average molecular weight is 556 g/mol. The zero-order valence-corrected chi connectivity index (χ0v) is 27.8. The first-order chi connectivity index (χ1) is 19.9. The lowest BCUT2D eigenvalue weighted by molar-refractivity contribution is 0.531. The van der Waals surface area contributed by atoms with E-state index in [-0.39, 0.29) is 0 Å². The van der Waals surface area contributed by atoms with Gasteiger partial charge in [-0.1, -0.05) is 194 Å². The molecule has 0 radical (unpaired) electrons. The van der Waals surface area contributed by atoms with E-state index in [4.69, 9.17) is 0 Å². The van der Waals surface area contributed by atoms with E-state index < -0.39 is 0 Å². The van der Waals surface area contributed by atoms with Gasteiger partial charge in [0.15, 0.2) is 0 Å². The Morgan fingerprint density at radius 2 is 0.625 bits per heavy atom. The summed E-state index contributed by atoms with van der Waals surface area (Å²) in [6.07, 6.45) is 49.9. The van der Waals surface area contributed by atoms with E-state index in [1.54, 1.807) is 5.56 Å². The highest BCUT2D eigenvalue weighted by Gasteiger charge is 2.03. The summed E-state index contributed by atoms with van der Waals surface area (Å²) < 4.78 is 0. The molecule has 0 fully saturated rings. The van der Waals surface area contributed by atoms with E-state index in [1.165, 1.54) is 211 Å². The lowest BCUT2D eigenvalue weighted by atomic mass is 9.98. The molecule has 1 heteroatoms. The largest absolute Gasteiger partial charge is 0.264 e. The van der Waals surface area contributed by atoms with E-state index in [2.05, 4.69) is 31.1 Å². The first kappa shape index (κ1) is 37.2. The summed E-state index contributed by atoms with van der Waals surface area (Å²) >= 11 is 0. The Balaban J connectivity index is 1.90. The molecule has 0 atom stereocenters. The van der Waals surface area contributed by atoms with Gasteiger partial charge in [-0.2, -0.15) is 0 Å². The summed E-state index contributed by atoms with van der Waals surface area (Å²) in [5.74, 6) is 0. The minimum Gasteiger partial charge on any atom is -0.264 e. The third kappa shape index (κ3) is 24.9. The van der Waals surface area contributed by atoms with Crippen molar-refractivity contribution in [2.45, 2.75) is 219 Å². The van der Waals surface area contributed by atoms with Crippen molar-refractivity contribution in [3.05, 3.63) is 29.6 Å². The van der Waals surface area contributed by atoms with Gasteiger partial charge in [0.1, 0.15) is 0 Å². The number of pyridine rings is 1. The van der Waals surface area contributed by atoms with Crippen LogP contribution in [0.4, 0.5) is 0 Å². The highest BCUT2D eigenvalue weighted by Crippen LogP contribution is 2.18. The van der Waals surface area contributed by atoms with Gasteiger partial charge in [0.05, 0.1) is 0 Å². The second-order valence-electron chi connectivity index (χ2n) is 13.0. The van der Waals surface area contributed by atoms with Crippen LogP contribution in [0, 0.1) is 0 Å². The number of aryl methyl sites for hydroxylation is 2. The van der Waals surface area contributed by atoms with Crippen LogP contribution < -0.4 is 0 Å². The fourth-order valence-electron chi connectivity index (χ4n) is 6.30. The summed E-state index contributed by atoms with van der Waals surface area (Å²) in [6, 6.07) is 2.30. The number of hydrogen-bond acceptors (Lipinski definition) is 1. The number of nitrogens with zero attached hydrogens (tertiary/aromatic N) is 1. The van der Waals surface area contributed by atoms with E-state index in [1.807, 2.05) is 6.20 Å². The lowest BCUT2D eigenvalue weighted by Gasteiger charge is -2.09. The van der Waals surface area contributed by atoms with E-state index in [9.17, 15) is 0 Å². The molecule has 234 valence electrons. The third-order valence-corrected chi connectivity index (χ3v) is 9.10. The Labute approximate surface area is 253 Å². The minimum atomic E-state index is 1.24. The average Bonchev–Trinajstić information content (AvgIpc) is 2.97. The van der Waals surface area contributed by atoms with Crippen LogP contribution in [-0.2, 0) is 12.8 Å². The third-order valence-electron chi connectivity index (χ3n) is 9.10. The standard InChI is InChI=1S/C39H73N/c1-3-5-7-9-11-13-15-17-19-21-23-25-27-29-31-33-38-35-36-40-37-39(38)34-32-30-28-26-24-22-20-18-16-14-12-10-8-6-4-2/h35-37H,3-34H2,1-2H3. The van der Waals surface area contributed by atoms with Crippen LogP contribution in [0.5, 0.6) is 0 Å². The summed E-state index contributed by atoms with van der Waals surface area (Å²) in [5.41, 5.74) is 3.11. The van der Waals surface area contributed by atoms with Crippen LogP contribution in [0.15, 0.2) is 18.5 Å². The minimum absolute atomic E-state index is 1.24. The van der Waals surface area contributed by atoms with Gasteiger partial charge < -0.3 is 0 Å². The van der Waals surface area contributed by atoms with E-state index in [0.29, 0.717) is 0 Å². The van der Waals surface area contributed by atoms with Gasteiger partial charge in [-0.3, -0.25) is 4.98 Å². The smallest absolute Gasteiger partial charge is 0.0302 e. The molecule has 0 aliphatic carbocycles. The van der Waals surface area contributed by atoms with Crippen LogP contribution in [0.1, 0.15) is 218 Å². The SMILES string of the molecule is CCCCCCCCCCCCCCCCCc1ccncc1CCCCCCCCCCCCCCCCC. The van der Waals surface area contributed by atoms with Crippen LogP contribution in [0.3, 0.4) is 0 Å². The second kappa shape index (κ2) is 31.1. The van der Waals surface area contributed by atoms with Crippen molar-refractivity contribution >= 4 is 0 Å². The first-order valence-electron chi connectivity index (χ1n) is 18.8. The summed E-state index contributed by atoms with van der Waals surface area (Å²) in [6.45, 7) is 4.61. The van der Waals surface area contributed by atoms with Gasteiger partial charge in [-0.25, -0.2) is 0 Å². The highest BCUT2D eigenvalue weighted by molar-refractivity contribution is 5.23. The molecular formula is C39H73N. The first-order valence-corrected chi connectivity index (χ1v) is 18.8. The normalized spacial score (nSPS) is 11.4. The Bertz CT molecular complexity index is 556. The van der Waals surface area contributed by atoms with Gasteiger partial charge in [-0.15, -0.1) is 0 Å². The van der Waals surface area contributed by atoms with Crippen LogP contribution >= 0.6 is 0 Å². The van der Waals surface area contributed by atoms with Gasteiger partial charge >= 0.3 is 0 Å². The zero-order chi connectivity index (χ0) is 28.6. The molecule has 0 aliphatic heterocycles. The molecule has 1 heterocycles. The zero-order valence-electron chi connectivity index (χ0n) is 27.8. The monoisotopic (exact) mass is 556 g/mol. The van der Waals surface area contributed by atoms with Gasteiger partial charge in [-0.05, 0) is 42.9 Å². The van der Waals surface area contributed by atoms with Gasteiger partial charge in [0.25, 0.3) is 0 Å². The quantitative estimate of drug-likeness (QED) is 0.0805. The highest BCUT2D eigenvalue weighted by atomic mass is 14.6. The Morgan fingerprint density at radius 3 is 0.950 bits per heavy atom. The molecule has 40 heavy (non-hydrogen) atoms. The molecule has 0 saturated heterocycles. The predicted octanol–water partition coefficient (Wildman–Crippen LogP) is 13.9. The molecule has 1 aromatic rings. The molecule has 0 bridgehead atoms. The summed E-state index contributed by atoms with van der Waals surface area (Å²) in [7, 11) is 0. The number of aromatic nitrogens is 1. The molecule has 1 aromatic heterocycles. The van der Waals surface area contributed by atoms with Crippen molar-refractivity contribution in [3.8, 4) is 0 Å². The Morgan fingerprint density at radius 1 is 0.350 bits per heavy atom. The fraction of sp³-hybridized carbons (Fsp3) is 0.872. The van der Waals surface area contributed by atoms with Crippen molar-refractivity contribution in [3.63, 3.8) is 0 Å². The van der Waals surface area contributed by atoms with Crippen molar-refractivity contribution < 1.29 is 0 Å². The van der Waals surface area contributed by atoms with Crippen molar-refractivity contribution in [1.82, 2.24) is 4.98 Å². The molecule has 0 saturated carbocycles. The fourth-order valence-corrected chi connectivity index (χ4v) is 6.30. The molecule has 1 rings (SSSR count). The molecule has 0 N–H and O–H groups in total. The predicted molar refractivity (Wildman–Crippen MR) is 182 cm³/mol.